The minimum Gasteiger partial charge on any atom is -0.446 e. The molecule has 7 heteroatoms. The molecule has 128 valence electrons. The molecule has 0 atom stereocenters. The molecule has 1 aromatic carbocycles. The number of halogens is 1. The van der Waals surface area contributed by atoms with Crippen molar-refractivity contribution in [1.29, 1.82) is 0 Å². The third-order valence-corrected chi connectivity index (χ3v) is 4.70. The number of hydrogen-bond donors (Lipinski definition) is 2. The lowest BCUT2D eigenvalue weighted by atomic mass is 9.93. The maximum absolute atomic E-state index is 12.1. The lowest BCUT2D eigenvalue weighted by molar-refractivity contribution is 0.0912. The molecule has 2 N–H and O–H groups in total. The molecule has 0 radical (unpaired) electrons. The number of amides is 1. The Labute approximate surface area is 149 Å². The second-order valence-corrected chi connectivity index (χ2v) is 6.48. The van der Waals surface area contributed by atoms with Crippen molar-refractivity contribution in [2.24, 2.45) is 0 Å². The number of benzene rings is 1. The normalized spacial score (nSPS) is 14.3. The van der Waals surface area contributed by atoms with Gasteiger partial charge in [0.1, 0.15) is 6.26 Å². The minimum atomic E-state index is -0.182. The molecule has 1 aliphatic carbocycles. The van der Waals surface area contributed by atoms with Crippen molar-refractivity contribution in [2.75, 3.05) is 5.32 Å². The zero-order chi connectivity index (χ0) is 17.2. The van der Waals surface area contributed by atoms with Crippen molar-refractivity contribution in [2.45, 2.75) is 31.8 Å². The van der Waals surface area contributed by atoms with Gasteiger partial charge in [-0.05, 0) is 43.5 Å². The molecule has 0 bridgehead atoms. The van der Waals surface area contributed by atoms with E-state index >= 15 is 0 Å². The Morgan fingerprint density at radius 3 is 3.00 bits per heavy atom. The highest BCUT2D eigenvalue weighted by atomic mass is 35.5. The van der Waals surface area contributed by atoms with Crippen molar-refractivity contribution in [3.8, 4) is 0 Å². The van der Waals surface area contributed by atoms with Crippen LogP contribution in [0.2, 0.25) is 5.02 Å². The summed E-state index contributed by atoms with van der Waals surface area (Å²) in [6.07, 6.45) is 6.35. The topological polar surface area (TPSA) is 80.0 Å². The number of hydrogen-bond acceptors (Lipinski definition) is 5. The van der Waals surface area contributed by atoms with E-state index in [9.17, 15) is 4.79 Å². The van der Waals surface area contributed by atoms with Crippen molar-refractivity contribution in [3.05, 3.63) is 53.3 Å². The van der Waals surface area contributed by atoms with Crippen LogP contribution in [-0.4, -0.2) is 21.9 Å². The molecule has 0 spiro atoms. The van der Waals surface area contributed by atoms with Crippen molar-refractivity contribution in [1.82, 2.24) is 15.3 Å². The smallest absolute Gasteiger partial charge is 0.273 e. The van der Waals surface area contributed by atoms with Gasteiger partial charge >= 0.3 is 0 Å². The number of anilines is 1. The Morgan fingerprint density at radius 2 is 2.20 bits per heavy atom. The van der Waals surface area contributed by atoms with Gasteiger partial charge in [0.15, 0.2) is 5.69 Å². The lowest BCUT2D eigenvalue weighted by Gasteiger charge is -2.25. The van der Waals surface area contributed by atoms with Crippen molar-refractivity contribution < 1.29 is 9.21 Å². The van der Waals surface area contributed by atoms with Gasteiger partial charge in [0.2, 0.25) is 5.89 Å². The molecule has 3 aromatic rings. The molecule has 25 heavy (non-hydrogen) atoms. The average molecular weight is 357 g/mol. The van der Waals surface area contributed by atoms with E-state index in [1.165, 1.54) is 12.7 Å². The summed E-state index contributed by atoms with van der Waals surface area (Å²) in [6, 6.07) is 7.73. The first kappa shape index (κ1) is 15.9. The van der Waals surface area contributed by atoms with Gasteiger partial charge in [0.25, 0.3) is 5.91 Å². The fourth-order valence-electron chi connectivity index (χ4n) is 2.76. The van der Waals surface area contributed by atoms with Crippen LogP contribution in [0.3, 0.4) is 0 Å². The van der Waals surface area contributed by atoms with Crippen LogP contribution >= 0.6 is 11.6 Å². The highest BCUT2D eigenvalue weighted by Gasteiger charge is 2.21. The van der Waals surface area contributed by atoms with E-state index in [1.54, 1.807) is 6.20 Å². The van der Waals surface area contributed by atoms with Gasteiger partial charge in [-0.1, -0.05) is 11.6 Å². The number of oxazole rings is 1. The molecule has 1 fully saturated rings. The van der Waals surface area contributed by atoms with Crippen molar-refractivity contribution in [3.63, 3.8) is 0 Å². The molecular formula is C18H17ClN4O2. The SMILES string of the molecule is O=C(NC1CCC1)c1coc(CNc2ccc(Cl)c3cccnc23)n1. The zero-order valence-electron chi connectivity index (χ0n) is 13.5. The molecule has 1 amide bonds. The van der Waals surface area contributed by atoms with Crippen LogP contribution in [0.15, 0.2) is 41.1 Å². The van der Waals surface area contributed by atoms with E-state index in [2.05, 4.69) is 20.6 Å². The highest BCUT2D eigenvalue weighted by molar-refractivity contribution is 6.35. The van der Waals surface area contributed by atoms with Crippen LogP contribution in [0, 0.1) is 0 Å². The van der Waals surface area contributed by atoms with Gasteiger partial charge in [0.05, 0.1) is 22.8 Å². The Morgan fingerprint density at radius 1 is 1.32 bits per heavy atom. The molecule has 0 saturated heterocycles. The monoisotopic (exact) mass is 356 g/mol. The number of nitrogens with one attached hydrogen (secondary N) is 2. The number of nitrogens with zero attached hydrogens (tertiary/aromatic N) is 2. The van der Waals surface area contributed by atoms with Crippen LogP contribution in [0.5, 0.6) is 0 Å². The lowest BCUT2D eigenvalue weighted by Crippen LogP contribution is -2.39. The summed E-state index contributed by atoms with van der Waals surface area (Å²) in [7, 11) is 0. The third-order valence-electron chi connectivity index (χ3n) is 4.37. The summed E-state index contributed by atoms with van der Waals surface area (Å²) in [4.78, 5) is 20.7. The van der Waals surface area contributed by atoms with E-state index < -0.39 is 0 Å². The first-order chi connectivity index (χ1) is 12.2. The van der Waals surface area contributed by atoms with Gasteiger partial charge in [-0.25, -0.2) is 4.98 Å². The molecule has 0 aliphatic heterocycles. The number of carbonyl (C=O) groups excluding carboxylic acids is 1. The summed E-state index contributed by atoms with van der Waals surface area (Å²) < 4.78 is 5.40. The van der Waals surface area contributed by atoms with Crippen molar-refractivity contribution >= 4 is 34.1 Å². The quantitative estimate of drug-likeness (QED) is 0.727. The number of aromatic nitrogens is 2. The summed E-state index contributed by atoms with van der Waals surface area (Å²) in [5.41, 5.74) is 1.92. The molecule has 0 unspecified atom stereocenters. The Bertz CT molecular complexity index is 920. The molecule has 4 rings (SSSR count). The third kappa shape index (κ3) is 3.30. The summed E-state index contributed by atoms with van der Waals surface area (Å²) in [6.45, 7) is 0.351. The van der Waals surface area contributed by atoms with E-state index in [-0.39, 0.29) is 11.9 Å². The van der Waals surface area contributed by atoms with Crippen LogP contribution in [0.1, 0.15) is 35.6 Å². The maximum Gasteiger partial charge on any atom is 0.273 e. The predicted octanol–water partition coefficient (Wildman–Crippen LogP) is 3.77. The second-order valence-electron chi connectivity index (χ2n) is 6.08. The Kier molecular flexibility index (Phi) is 4.28. The van der Waals surface area contributed by atoms with Gasteiger partial charge in [0, 0.05) is 17.6 Å². The summed E-state index contributed by atoms with van der Waals surface area (Å²) in [5, 5.41) is 7.71. The minimum absolute atomic E-state index is 0.182. The maximum atomic E-state index is 12.1. The fraction of sp³-hybridized carbons (Fsp3) is 0.278. The molecule has 2 heterocycles. The molecular weight excluding hydrogens is 340 g/mol. The first-order valence-corrected chi connectivity index (χ1v) is 8.61. The van der Waals surface area contributed by atoms with E-state index in [1.807, 2.05) is 24.3 Å². The molecule has 6 nitrogen and oxygen atoms in total. The van der Waals surface area contributed by atoms with Crippen LogP contribution < -0.4 is 10.6 Å². The van der Waals surface area contributed by atoms with E-state index in [0.717, 1.165) is 29.4 Å². The average Bonchev–Trinajstić information content (AvgIpc) is 3.07. The van der Waals surface area contributed by atoms with Crippen LogP contribution in [0.25, 0.3) is 10.9 Å². The number of carbonyl (C=O) groups is 1. The van der Waals surface area contributed by atoms with E-state index in [0.29, 0.717) is 23.2 Å². The number of rotatable bonds is 5. The predicted molar refractivity (Wildman–Crippen MR) is 95.7 cm³/mol. The highest BCUT2D eigenvalue weighted by Crippen LogP contribution is 2.28. The fourth-order valence-corrected chi connectivity index (χ4v) is 2.98. The van der Waals surface area contributed by atoms with Gasteiger partial charge < -0.3 is 15.1 Å². The van der Waals surface area contributed by atoms with E-state index in [4.69, 9.17) is 16.0 Å². The number of pyridine rings is 1. The summed E-state index contributed by atoms with van der Waals surface area (Å²) >= 11 is 6.20. The molecule has 1 saturated carbocycles. The Balaban J connectivity index is 1.45. The van der Waals surface area contributed by atoms with Gasteiger partial charge in [-0.3, -0.25) is 9.78 Å². The molecule has 2 aromatic heterocycles. The molecule has 1 aliphatic rings. The van der Waals surface area contributed by atoms with Gasteiger partial charge in [-0.15, -0.1) is 0 Å². The van der Waals surface area contributed by atoms with Gasteiger partial charge in [-0.2, -0.15) is 0 Å². The first-order valence-electron chi connectivity index (χ1n) is 8.23. The van der Waals surface area contributed by atoms with Crippen LogP contribution in [0.4, 0.5) is 5.69 Å². The Hall–Kier alpha value is -2.60. The second kappa shape index (κ2) is 6.72. The largest absolute Gasteiger partial charge is 0.446 e. The standard InChI is InChI=1S/C18H17ClN4O2/c19-13-6-7-14(17-12(13)5-2-8-20-17)21-9-16-23-15(10-25-16)18(24)22-11-3-1-4-11/h2,5-8,10-11,21H,1,3-4,9H2,(H,22,24). The number of fused-ring (bicyclic) bond motifs is 1. The zero-order valence-corrected chi connectivity index (χ0v) is 14.2. The van der Waals surface area contributed by atoms with Crippen LogP contribution in [-0.2, 0) is 6.54 Å². The summed E-state index contributed by atoms with van der Waals surface area (Å²) in [5.74, 6) is 0.260.